The van der Waals surface area contributed by atoms with Crippen LogP contribution < -0.4 is 5.32 Å². The van der Waals surface area contributed by atoms with Crippen LogP contribution in [-0.2, 0) is 11.3 Å². The number of carbonyl (C=O) groups excluding carboxylic acids is 1. The maximum absolute atomic E-state index is 11.6. The summed E-state index contributed by atoms with van der Waals surface area (Å²) in [5, 5.41) is 3.02. The van der Waals surface area contributed by atoms with Crippen LogP contribution >= 0.6 is 11.3 Å². The van der Waals surface area contributed by atoms with Crippen molar-refractivity contribution in [3.8, 4) is 0 Å². The summed E-state index contributed by atoms with van der Waals surface area (Å²) in [4.78, 5) is 18.6. The van der Waals surface area contributed by atoms with E-state index >= 15 is 0 Å². The topological polar surface area (TPSA) is 45.2 Å². The van der Waals surface area contributed by atoms with Crippen molar-refractivity contribution in [2.45, 2.75) is 20.4 Å². The normalized spacial score (nSPS) is 10.3. The fourth-order valence-electron chi connectivity index (χ4n) is 1.15. The molecule has 84 valence electrons. The molecule has 1 heterocycles. The Morgan fingerprint density at radius 1 is 1.67 bits per heavy atom. The van der Waals surface area contributed by atoms with Gasteiger partial charge in [0, 0.05) is 11.9 Å². The standard InChI is InChI=1S/C10H17N3OS/c1-4-11-5-10(14)13(3)6-9-8(2)12-7-15-9/h7,11H,4-6H2,1-3H3. The Bertz CT molecular complexity index is 324. The van der Waals surface area contributed by atoms with Crippen molar-refractivity contribution in [2.24, 2.45) is 0 Å². The van der Waals surface area contributed by atoms with E-state index in [-0.39, 0.29) is 5.91 Å². The van der Waals surface area contributed by atoms with E-state index in [0.29, 0.717) is 13.1 Å². The molecule has 1 aromatic heterocycles. The number of nitrogens with one attached hydrogen (secondary N) is 1. The predicted octanol–water partition coefficient (Wildman–Crippen LogP) is 1.02. The number of aromatic nitrogens is 1. The molecule has 0 fully saturated rings. The van der Waals surface area contributed by atoms with Crippen molar-refractivity contribution in [2.75, 3.05) is 20.1 Å². The van der Waals surface area contributed by atoms with Gasteiger partial charge in [0.25, 0.3) is 0 Å². The number of nitrogens with zero attached hydrogens (tertiary/aromatic N) is 2. The molecular formula is C10H17N3OS. The maximum Gasteiger partial charge on any atom is 0.236 e. The molecule has 0 saturated heterocycles. The molecule has 4 nitrogen and oxygen atoms in total. The highest BCUT2D eigenvalue weighted by Gasteiger charge is 2.10. The third-order valence-electron chi connectivity index (χ3n) is 2.18. The van der Waals surface area contributed by atoms with Crippen LogP contribution in [0, 0.1) is 6.92 Å². The van der Waals surface area contributed by atoms with Crippen LogP contribution in [0.2, 0.25) is 0 Å². The Morgan fingerprint density at radius 3 is 2.93 bits per heavy atom. The van der Waals surface area contributed by atoms with E-state index in [4.69, 9.17) is 0 Å². The summed E-state index contributed by atoms with van der Waals surface area (Å²) < 4.78 is 0. The van der Waals surface area contributed by atoms with E-state index in [1.54, 1.807) is 16.2 Å². The van der Waals surface area contributed by atoms with Gasteiger partial charge in [0.1, 0.15) is 0 Å². The predicted molar refractivity (Wildman–Crippen MR) is 61.9 cm³/mol. The van der Waals surface area contributed by atoms with Crippen molar-refractivity contribution in [3.05, 3.63) is 16.1 Å². The zero-order valence-electron chi connectivity index (χ0n) is 9.41. The number of rotatable bonds is 5. The average Bonchev–Trinajstić information content (AvgIpc) is 2.61. The average molecular weight is 227 g/mol. The molecule has 1 rings (SSSR count). The van der Waals surface area contributed by atoms with Gasteiger partial charge in [-0.2, -0.15) is 0 Å². The quantitative estimate of drug-likeness (QED) is 0.817. The molecule has 0 spiro atoms. The van der Waals surface area contributed by atoms with E-state index in [2.05, 4.69) is 10.3 Å². The highest BCUT2D eigenvalue weighted by molar-refractivity contribution is 7.09. The SMILES string of the molecule is CCNCC(=O)N(C)Cc1scnc1C. The Balaban J connectivity index is 2.45. The number of likely N-dealkylation sites (N-methyl/N-ethyl adjacent to an activating group) is 2. The van der Waals surface area contributed by atoms with Crippen molar-refractivity contribution < 1.29 is 4.79 Å². The highest BCUT2D eigenvalue weighted by Crippen LogP contribution is 2.13. The van der Waals surface area contributed by atoms with Gasteiger partial charge in [0.05, 0.1) is 24.3 Å². The fraction of sp³-hybridized carbons (Fsp3) is 0.600. The first-order valence-corrected chi connectivity index (χ1v) is 5.86. The first-order chi connectivity index (χ1) is 7.15. The van der Waals surface area contributed by atoms with Gasteiger partial charge >= 0.3 is 0 Å². The van der Waals surface area contributed by atoms with Crippen molar-refractivity contribution in [3.63, 3.8) is 0 Å². The van der Waals surface area contributed by atoms with E-state index in [9.17, 15) is 4.79 Å². The molecule has 5 heteroatoms. The molecule has 1 N–H and O–H groups in total. The minimum Gasteiger partial charge on any atom is -0.339 e. The monoisotopic (exact) mass is 227 g/mol. The lowest BCUT2D eigenvalue weighted by atomic mass is 10.3. The van der Waals surface area contributed by atoms with Gasteiger partial charge in [-0.1, -0.05) is 6.92 Å². The summed E-state index contributed by atoms with van der Waals surface area (Å²) in [6.45, 7) is 5.83. The summed E-state index contributed by atoms with van der Waals surface area (Å²) in [5.41, 5.74) is 2.83. The van der Waals surface area contributed by atoms with Crippen LogP contribution in [0.5, 0.6) is 0 Å². The lowest BCUT2D eigenvalue weighted by molar-refractivity contribution is -0.129. The molecule has 0 aromatic carbocycles. The van der Waals surface area contributed by atoms with Crippen LogP contribution in [0.15, 0.2) is 5.51 Å². The van der Waals surface area contributed by atoms with E-state index in [0.717, 1.165) is 17.1 Å². The zero-order chi connectivity index (χ0) is 11.3. The van der Waals surface area contributed by atoms with E-state index in [1.807, 2.05) is 26.4 Å². The molecular weight excluding hydrogens is 210 g/mol. The lowest BCUT2D eigenvalue weighted by Crippen LogP contribution is -2.35. The number of thiazole rings is 1. The summed E-state index contributed by atoms with van der Waals surface area (Å²) in [7, 11) is 1.82. The third kappa shape index (κ3) is 3.60. The molecule has 0 aliphatic heterocycles. The Labute approximate surface area is 94.3 Å². The smallest absolute Gasteiger partial charge is 0.236 e. The second-order valence-electron chi connectivity index (χ2n) is 3.39. The fourth-order valence-corrected chi connectivity index (χ4v) is 1.98. The zero-order valence-corrected chi connectivity index (χ0v) is 10.2. The molecule has 0 aliphatic rings. The Kier molecular flexibility index (Phi) is 4.71. The maximum atomic E-state index is 11.6. The van der Waals surface area contributed by atoms with E-state index in [1.165, 1.54) is 0 Å². The van der Waals surface area contributed by atoms with Gasteiger partial charge in [-0.3, -0.25) is 4.79 Å². The van der Waals surface area contributed by atoms with Gasteiger partial charge in [-0.15, -0.1) is 11.3 Å². The molecule has 0 radical (unpaired) electrons. The first-order valence-electron chi connectivity index (χ1n) is 4.98. The van der Waals surface area contributed by atoms with Gasteiger partial charge in [0.2, 0.25) is 5.91 Å². The summed E-state index contributed by atoms with van der Waals surface area (Å²) in [6.07, 6.45) is 0. The number of carbonyl (C=O) groups is 1. The van der Waals surface area contributed by atoms with Crippen LogP contribution in [0.1, 0.15) is 17.5 Å². The number of amides is 1. The van der Waals surface area contributed by atoms with Gasteiger partial charge < -0.3 is 10.2 Å². The second-order valence-corrected chi connectivity index (χ2v) is 4.33. The molecule has 0 bridgehead atoms. The molecule has 15 heavy (non-hydrogen) atoms. The van der Waals surface area contributed by atoms with Crippen LogP contribution in [0.4, 0.5) is 0 Å². The number of aryl methyl sites for hydroxylation is 1. The molecule has 0 unspecified atom stereocenters. The molecule has 0 atom stereocenters. The third-order valence-corrected chi connectivity index (χ3v) is 3.10. The van der Waals surface area contributed by atoms with Crippen LogP contribution in [0.25, 0.3) is 0 Å². The van der Waals surface area contributed by atoms with Crippen molar-refractivity contribution in [1.29, 1.82) is 0 Å². The number of hydrogen-bond donors (Lipinski definition) is 1. The largest absolute Gasteiger partial charge is 0.339 e. The Hall–Kier alpha value is -0.940. The summed E-state index contributed by atoms with van der Waals surface area (Å²) >= 11 is 1.59. The van der Waals surface area contributed by atoms with Crippen LogP contribution in [-0.4, -0.2) is 35.9 Å². The molecule has 0 saturated carbocycles. The molecule has 0 aliphatic carbocycles. The van der Waals surface area contributed by atoms with E-state index < -0.39 is 0 Å². The van der Waals surface area contributed by atoms with Crippen molar-refractivity contribution in [1.82, 2.24) is 15.2 Å². The first kappa shape index (κ1) is 12.1. The molecule has 1 amide bonds. The van der Waals surface area contributed by atoms with Gasteiger partial charge in [0.15, 0.2) is 0 Å². The number of hydrogen-bond acceptors (Lipinski definition) is 4. The Morgan fingerprint density at radius 2 is 2.40 bits per heavy atom. The highest BCUT2D eigenvalue weighted by atomic mass is 32.1. The second kappa shape index (κ2) is 5.82. The minimum atomic E-state index is 0.115. The summed E-state index contributed by atoms with van der Waals surface area (Å²) in [5.74, 6) is 0.115. The van der Waals surface area contributed by atoms with Gasteiger partial charge in [-0.25, -0.2) is 4.98 Å². The minimum absolute atomic E-state index is 0.115. The molecule has 1 aromatic rings. The van der Waals surface area contributed by atoms with Gasteiger partial charge in [-0.05, 0) is 13.5 Å². The van der Waals surface area contributed by atoms with Crippen LogP contribution in [0.3, 0.4) is 0 Å². The lowest BCUT2D eigenvalue weighted by Gasteiger charge is -2.16. The summed E-state index contributed by atoms with van der Waals surface area (Å²) in [6, 6.07) is 0. The van der Waals surface area contributed by atoms with Crippen molar-refractivity contribution >= 4 is 17.2 Å².